The van der Waals surface area contributed by atoms with E-state index >= 15 is 0 Å². The standard InChI is InChI=1S/C15H15N3O4/c1-8(19)9-4-3-5-10-13(9)17(2)15(22)18(10)11-6-7-12(20)16-14(11)21/h3-5,11H,6-7H2,1-2H3,(H,16,20,21). The molecule has 1 fully saturated rings. The zero-order valence-corrected chi connectivity index (χ0v) is 12.3. The fourth-order valence-electron chi connectivity index (χ4n) is 2.95. The number of hydrogen-bond acceptors (Lipinski definition) is 4. The lowest BCUT2D eigenvalue weighted by Crippen LogP contribution is -2.44. The highest BCUT2D eigenvalue weighted by Gasteiger charge is 2.31. The molecule has 0 radical (unpaired) electrons. The lowest BCUT2D eigenvalue weighted by molar-refractivity contribution is -0.135. The molecule has 0 spiro atoms. The molecule has 114 valence electrons. The Kier molecular flexibility index (Phi) is 3.20. The van der Waals surface area contributed by atoms with Gasteiger partial charge in [-0.05, 0) is 25.5 Å². The Hall–Kier alpha value is -2.70. The topological polar surface area (TPSA) is 90.2 Å². The molecule has 22 heavy (non-hydrogen) atoms. The van der Waals surface area contributed by atoms with Crippen LogP contribution in [0, 0.1) is 0 Å². The summed E-state index contributed by atoms with van der Waals surface area (Å²) < 4.78 is 2.74. The number of piperidine rings is 1. The molecule has 1 N–H and O–H groups in total. The van der Waals surface area contributed by atoms with Crippen molar-refractivity contribution >= 4 is 28.6 Å². The van der Waals surface area contributed by atoms with E-state index in [1.807, 2.05) is 0 Å². The van der Waals surface area contributed by atoms with Gasteiger partial charge >= 0.3 is 5.69 Å². The summed E-state index contributed by atoms with van der Waals surface area (Å²) in [6.07, 6.45) is 0.458. The summed E-state index contributed by atoms with van der Waals surface area (Å²) >= 11 is 0. The van der Waals surface area contributed by atoms with E-state index < -0.39 is 11.9 Å². The first-order valence-electron chi connectivity index (χ1n) is 6.96. The van der Waals surface area contributed by atoms with Gasteiger partial charge < -0.3 is 0 Å². The summed E-state index contributed by atoms with van der Waals surface area (Å²) in [6.45, 7) is 1.43. The SMILES string of the molecule is CC(=O)c1cccc2c1n(C)c(=O)n2C1CCC(=O)NC1=O. The molecule has 0 aliphatic carbocycles. The van der Waals surface area contributed by atoms with E-state index in [1.165, 1.54) is 16.1 Å². The van der Waals surface area contributed by atoms with Crippen LogP contribution in [0.4, 0.5) is 0 Å². The summed E-state index contributed by atoms with van der Waals surface area (Å²) in [5.41, 5.74) is 1.08. The lowest BCUT2D eigenvalue weighted by Gasteiger charge is -2.21. The van der Waals surface area contributed by atoms with Crippen molar-refractivity contribution in [3.05, 3.63) is 34.2 Å². The zero-order valence-electron chi connectivity index (χ0n) is 12.3. The second-order valence-electron chi connectivity index (χ2n) is 5.41. The maximum atomic E-state index is 12.5. The highest BCUT2D eigenvalue weighted by molar-refractivity contribution is 6.06. The molecule has 1 aromatic carbocycles. The quantitative estimate of drug-likeness (QED) is 0.647. The Morgan fingerprint density at radius 3 is 2.64 bits per heavy atom. The molecule has 1 atom stereocenters. The van der Waals surface area contributed by atoms with Crippen LogP contribution in [0.25, 0.3) is 11.0 Å². The Labute approximate surface area is 125 Å². The maximum absolute atomic E-state index is 12.5. The number of imidazole rings is 1. The molecule has 2 heterocycles. The third-order valence-electron chi connectivity index (χ3n) is 4.00. The van der Waals surface area contributed by atoms with Crippen molar-refractivity contribution in [1.29, 1.82) is 0 Å². The van der Waals surface area contributed by atoms with Crippen LogP contribution in [0.15, 0.2) is 23.0 Å². The number of carbonyl (C=O) groups is 3. The second kappa shape index (κ2) is 4.94. The minimum Gasteiger partial charge on any atom is -0.295 e. The van der Waals surface area contributed by atoms with E-state index in [1.54, 1.807) is 25.2 Å². The number of para-hydroxylation sites is 1. The molecule has 0 bridgehead atoms. The monoisotopic (exact) mass is 301 g/mol. The summed E-state index contributed by atoms with van der Waals surface area (Å²) in [5.74, 6) is -0.973. The number of nitrogens with one attached hydrogen (secondary N) is 1. The molecule has 7 nitrogen and oxygen atoms in total. The number of ketones is 1. The van der Waals surface area contributed by atoms with Gasteiger partial charge in [0.05, 0.1) is 11.0 Å². The van der Waals surface area contributed by atoms with Gasteiger partial charge in [-0.25, -0.2) is 4.79 Å². The number of Topliss-reactive ketones (excluding diaryl/α,β-unsaturated/α-hetero) is 1. The maximum Gasteiger partial charge on any atom is 0.329 e. The molecule has 3 rings (SSSR count). The second-order valence-corrected chi connectivity index (χ2v) is 5.41. The number of carbonyl (C=O) groups excluding carboxylic acids is 3. The fourth-order valence-corrected chi connectivity index (χ4v) is 2.95. The van der Waals surface area contributed by atoms with Crippen LogP contribution in [0.1, 0.15) is 36.2 Å². The van der Waals surface area contributed by atoms with Gasteiger partial charge in [0.1, 0.15) is 6.04 Å². The van der Waals surface area contributed by atoms with Gasteiger partial charge in [-0.2, -0.15) is 0 Å². The Morgan fingerprint density at radius 1 is 1.27 bits per heavy atom. The fraction of sp³-hybridized carbons (Fsp3) is 0.333. The van der Waals surface area contributed by atoms with Crippen LogP contribution < -0.4 is 11.0 Å². The molecule has 1 unspecified atom stereocenters. The van der Waals surface area contributed by atoms with Gasteiger partial charge in [-0.3, -0.25) is 28.8 Å². The van der Waals surface area contributed by atoms with Crippen molar-refractivity contribution in [2.24, 2.45) is 7.05 Å². The molecular weight excluding hydrogens is 286 g/mol. The molecule has 0 saturated carbocycles. The van der Waals surface area contributed by atoms with E-state index in [4.69, 9.17) is 0 Å². The van der Waals surface area contributed by atoms with Crippen LogP contribution in [0.3, 0.4) is 0 Å². The van der Waals surface area contributed by atoms with Crippen molar-refractivity contribution in [2.75, 3.05) is 0 Å². The summed E-state index contributed by atoms with van der Waals surface area (Å²) in [6, 6.07) is 4.29. The molecule has 1 aliphatic heterocycles. The van der Waals surface area contributed by atoms with Gasteiger partial charge in [-0.1, -0.05) is 6.07 Å². The van der Waals surface area contributed by atoms with E-state index in [-0.39, 0.29) is 30.2 Å². The Bertz CT molecular complexity index is 875. The smallest absolute Gasteiger partial charge is 0.295 e. The van der Waals surface area contributed by atoms with Crippen molar-refractivity contribution < 1.29 is 14.4 Å². The predicted molar refractivity (Wildman–Crippen MR) is 78.6 cm³/mol. The first kappa shape index (κ1) is 14.2. The lowest BCUT2D eigenvalue weighted by atomic mass is 10.1. The van der Waals surface area contributed by atoms with Gasteiger partial charge in [-0.15, -0.1) is 0 Å². The number of amides is 2. The van der Waals surface area contributed by atoms with Crippen molar-refractivity contribution in [3.63, 3.8) is 0 Å². The molecule has 1 aliphatic rings. The predicted octanol–water partition coefficient (Wildman–Crippen LogP) is 0.520. The number of imide groups is 1. The minimum atomic E-state index is -0.740. The number of aryl methyl sites for hydroxylation is 1. The molecule has 1 saturated heterocycles. The first-order chi connectivity index (χ1) is 10.4. The largest absolute Gasteiger partial charge is 0.329 e. The molecule has 2 amide bonds. The van der Waals surface area contributed by atoms with Gasteiger partial charge in [0.15, 0.2) is 5.78 Å². The molecular formula is C15H15N3O4. The Morgan fingerprint density at radius 2 is 2.00 bits per heavy atom. The first-order valence-corrected chi connectivity index (χ1v) is 6.96. The van der Waals surface area contributed by atoms with Crippen LogP contribution in [0.2, 0.25) is 0 Å². The molecule has 7 heteroatoms. The van der Waals surface area contributed by atoms with E-state index in [0.717, 1.165) is 0 Å². The van der Waals surface area contributed by atoms with Crippen molar-refractivity contribution in [3.8, 4) is 0 Å². The van der Waals surface area contributed by atoms with Crippen molar-refractivity contribution in [2.45, 2.75) is 25.8 Å². The zero-order chi connectivity index (χ0) is 16.0. The van der Waals surface area contributed by atoms with E-state index in [0.29, 0.717) is 16.6 Å². The molecule has 2 aromatic rings. The van der Waals surface area contributed by atoms with E-state index in [9.17, 15) is 19.2 Å². The average molecular weight is 301 g/mol. The average Bonchev–Trinajstić information content (AvgIpc) is 2.72. The highest BCUT2D eigenvalue weighted by atomic mass is 16.2. The van der Waals surface area contributed by atoms with Crippen LogP contribution in [-0.2, 0) is 16.6 Å². The number of nitrogens with zero attached hydrogens (tertiary/aromatic N) is 2. The highest BCUT2D eigenvalue weighted by Crippen LogP contribution is 2.25. The third-order valence-corrected chi connectivity index (χ3v) is 4.00. The summed E-state index contributed by atoms with van der Waals surface area (Å²) in [4.78, 5) is 47.6. The number of hydrogen-bond donors (Lipinski definition) is 1. The normalized spacial score (nSPS) is 18.5. The van der Waals surface area contributed by atoms with Crippen LogP contribution >= 0.6 is 0 Å². The minimum absolute atomic E-state index is 0.151. The summed E-state index contributed by atoms with van der Waals surface area (Å²) in [7, 11) is 1.57. The Balaban J connectivity index is 2.28. The number of fused-ring (bicyclic) bond motifs is 1. The van der Waals surface area contributed by atoms with Crippen LogP contribution in [0.5, 0.6) is 0 Å². The van der Waals surface area contributed by atoms with Gasteiger partial charge in [0.25, 0.3) is 0 Å². The molecule has 1 aromatic heterocycles. The number of benzene rings is 1. The van der Waals surface area contributed by atoms with Crippen molar-refractivity contribution in [1.82, 2.24) is 14.5 Å². The van der Waals surface area contributed by atoms with Gasteiger partial charge in [0, 0.05) is 19.0 Å². The number of rotatable bonds is 2. The van der Waals surface area contributed by atoms with E-state index in [2.05, 4.69) is 5.32 Å². The number of aromatic nitrogens is 2. The van der Waals surface area contributed by atoms with Gasteiger partial charge in [0.2, 0.25) is 11.8 Å². The third kappa shape index (κ3) is 1.97. The summed E-state index contributed by atoms with van der Waals surface area (Å²) in [5, 5.41) is 2.25. The van der Waals surface area contributed by atoms with Crippen LogP contribution in [-0.4, -0.2) is 26.7 Å².